The van der Waals surface area contributed by atoms with Crippen molar-refractivity contribution >= 4 is 44.1 Å². The topological polar surface area (TPSA) is 71.5 Å². The second-order valence-electron chi connectivity index (χ2n) is 8.17. The van der Waals surface area contributed by atoms with Gasteiger partial charge in [0.2, 0.25) is 5.91 Å². The molecule has 6 nitrogen and oxygen atoms in total. The maximum atomic E-state index is 12.1. The van der Waals surface area contributed by atoms with Gasteiger partial charge in [0.15, 0.2) is 0 Å². The molecule has 1 aromatic heterocycles. The number of benzene rings is 2. The predicted molar refractivity (Wildman–Crippen MR) is 137 cm³/mol. The van der Waals surface area contributed by atoms with Crippen LogP contribution < -0.4 is 14.4 Å². The molecule has 5 rings (SSSR count). The molecule has 2 saturated heterocycles. The van der Waals surface area contributed by atoms with Gasteiger partial charge in [0.05, 0.1) is 15.2 Å². The van der Waals surface area contributed by atoms with Crippen LogP contribution in [0.15, 0.2) is 36.4 Å². The van der Waals surface area contributed by atoms with Crippen molar-refractivity contribution in [1.82, 2.24) is 10.3 Å². The summed E-state index contributed by atoms with van der Waals surface area (Å²) in [6.45, 7) is 9.53. The first-order valence-electron chi connectivity index (χ1n) is 11.6. The summed E-state index contributed by atoms with van der Waals surface area (Å²) in [6, 6.07) is 12.4. The van der Waals surface area contributed by atoms with Crippen molar-refractivity contribution in [2.45, 2.75) is 46.6 Å². The average molecular weight is 486 g/mol. The van der Waals surface area contributed by atoms with Crippen LogP contribution in [0.1, 0.15) is 38.6 Å². The highest BCUT2D eigenvalue weighted by molar-refractivity contribution is 7.86. The first-order chi connectivity index (χ1) is 16.0. The van der Waals surface area contributed by atoms with Crippen LogP contribution >= 0.6 is 11.3 Å². The van der Waals surface area contributed by atoms with E-state index in [2.05, 4.69) is 29.6 Å². The Balaban J connectivity index is 0.00000126. The lowest BCUT2D eigenvalue weighted by Crippen LogP contribution is -2.25. The Morgan fingerprint density at radius 3 is 2.61 bits per heavy atom. The van der Waals surface area contributed by atoms with E-state index >= 15 is 0 Å². The van der Waals surface area contributed by atoms with E-state index in [1.165, 1.54) is 0 Å². The van der Waals surface area contributed by atoms with E-state index in [1.54, 1.807) is 11.3 Å². The van der Waals surface area contributed by atoms with E-state index in [1.807, 2.05) is 44.1 Å². The first kappa shape index (κ1) is 23.7. The molecule has 1 N–H and O–H groups in total. The lowest BCUT2D eigenvalue weighted by molar-refractivity contribution is -0.119. The largest absolute Gasteiger partial charge is 0.489 e. The Labute approximate surface area is 201 Å². The number of anilines is 1. The molecule has 0 radical (unpaired) electrons. The van der Waals surface area contributed by atoms with E-state index in [0.29, 0.717) is 13.0 Å². The van der Waals surface area contributed by atoms with Crippen molar-refractivity contribution in [1.29, 1.82) is 0 Å². The number of carbonyl (C=O) groups excluding carboxylic acids is 1. The van der Waals surface area contributed by atoms with E-state index in [9.17, 15) is 9.00 Å². The number of aryl methyl sites for hydroxylation is 1. The van der Waals surface area contributed by atoms with Crippen molar-refractivity contribution < 1.29 is 13.7 Å². The van der Waals surface area contributed by atoms with Gasteiger partial charge in [-0.3, -0.25) is 9.10 Å². The van der Waals surface area contributed by atoms with E-state index in [0.717, 1.165) is 56.5 Å². The quantitative estimate of drug-likeness (QED) is 0.547. The Hall–Kier alpha value is -2.45. The molecule has 3 atom stereocenters. The van der Waals surface area contributed by atoms with Gasteiger partial charge < -0.3 is 10.1 Å². The monoisotopic (exact) mass is 485 g/mol. The molecule has 2 aliphatic heterocycles. The number of carbonyl (C=O) groups is 1. The van der Waals surface area contributed by atoms with Crippen LogP contribution in [-0.2, 0) is 15.8 Å². The summed E-state index contributed by atoms with van der Waals surface area (Å²) >= 11 is 1.63. The fourth-order valence-electron chi connectivity index (χ4n) is 4.23. The SMILES string of the molecule is CC.Cc1nc2cc(-c3ccc(N4CCCS4=O)cc3)cc(OC(C)C3CNC(=O)C3)c2s1. The van der Waals surface area contributed by atoms with Crippen molar-refractivity contribution in [3.63, 3.8) is 0 Å². The van der Waals surface area contributed by atoms with Crippen molar-refractivity contribution in [2.75, 3.05) is 23.1 Å². The third-order valence-electron chi connectivity index (χ3n) is 5.96. The molecule has 3 aromatic rings. The molecule has 2 aliphatic rings. The highest BCUT2D eigenvalue weighted by atomic mass is 32.2. The molecule has 0 bridgehead atoms. The third-order valence-corrected chi connectivity index (χ3v) is 8.49. The van der Waals surface area contributed by atoms with Gasteiger partial charge in [0.25, 0.3) is 0 Å². The Bertz CT molecular complexity index is 1160. The predicted octanol–water partition coefficient (Wildman–Crippen LogP) is 5.08. The van der Waals surface area contributed by atoms with Gasteiger partial charge in [-0.2, -0.15) is 0 Å². The fraction of sp³-hybridized carbons (Fsp3) is 0.440. The second-order valence-corrected chi connectivity index (χ2v) is 10.9. The molecule has 1 amide bonds. The fourth-order valence-corrected chi connectivity index (χ4v) is 6.38. The van der Waals surface area contributed by atoms with Gasteiger partial charge in [-0.05, 0) is 55.7 Å². The molecule has 8 heteroatoms. The Morgan fingerprint density at radius 1 is 1.21 bits per heavy atom. The normalized spacial score (nSPS) is 21.0. The van der Waals surface area contributed by atoms with E-state index in [-0.39, 0.29) is 17.9 Å². The zero-order valence-electron chi connectivity index (χ0n) is 19.6. The zero-order chi connectivity index (χ0) is 23.5. The number of thiazole rings is 1. The molecule has 2 fully saturated rings. The van der Waals surface area contributed by atoms with E-state index in [4.69, 9.17) is 9.72 Å². The number of hydrogen-bond acceptors (Lipinski definition) is 5. The number of ether oxygens (including phenoxy) is 1. The highest BCUT2D eigenvalue weighted by Crippen LogP contribution is 2.38. The van der Waals surface area contributed by atoms with Crippen LogP contribution in [0.2, 0.25) is 0 Å². The molecule has 176 valence electrons. The molecule has 3 heterocycles. The van der Waals surface area contributed by atoms with Crippen LogP contribution in [0.25, 0.3) is 21.3 Å². The lowest BCUT2D eigenvalue weighted by Gasteiger charge is -2.20. The number of amides is 1. The summed E-state index contributed by atoms with van der Waals surface area (Å²) in [5, 5.41) is 3.89. The maximum Gasteiger partial charge on any atom is 0.220 e. The van der Waals surface area contributed by atoms with Gasteiger partial charge in [0.1, 0.15) is 22.8 Å². The van der Waals surface area contributed by atoms with Crippen molar-refractivity contribution in [2.24, 2.45) is 5.92 Å². The molecule has 0 spiro atoms. The van der Waals surface area contributed by atoms with Crippen LogP contribution in [0.4, 0.5) is 5.69 Å². The van der Waals surface area contributed by atoms with Crippen molar-refractivity contribution in [3.8, 4) is 16.9 Å². The molecule has 3 unspecified atom stereocenters. The maximum absolute atomic E-state index is 12.1. The summed E-state index contributed by atoms with van der Waals surface area (Å²) in [4.78, 5) is 16.3. The molecular weight excluding hydrogens is 454 g/mol. The molecular formula is C25H31N3O3S2. The van der Waals surface area contributed by atoms with Gasteiger partial charge in [-0.1, -0.05) is 26.0 Å². The summed E-state index contributed by atoms with van der Waals surface area (Å²) in [5.74, 6) is 1.81. The van der Waals surface area contributed by atoms with Gasteiger partial charge in [0, 0.05) is 36.9 Å². The number of hydrogen-bond donors (Lipinski definition) is 1. The first-order valence-corrected chi connectivity index (χ1v) is 13.7. The zero-order valence-corrected chi connectivity index (χ0v) is 21.2. The van der Waals surface area contributed by atoms with E-state index < -0.39 is 11.0 Å². The molecule has 0 saturated carbocycles. The van der Waals surface area contributed by atoms with Crippen molar-refractivity contribution in [3.05, 3.63) is 41.4 Å². The lowest BCUT2D eigenvalue weighted by atomic mass is 10.0. The Morgan fingerprint density at radius 2 is 1.97 bits per heavy atom. The van der Waals surface area contributed by atoms with Crippen LogP contribution in [0.5, 0.6) is 5.75 Å². The number of aromatic nitrogens is 1. The smallest absolute Gasteiger partial charge is 0.220 e. The highest BCUT2D eigenvalue weighted by Gasteiger charge is 2.28. The van der Waals surface area contributed by atoms with Crippen LogP contribution in [0, 0.1) is 12.8 Å². The second kappa shape index (κ2) is 10.2. The van der Waals surface area contributed by atoms with Gasteiger partial charge >= 0.3 is 0 Å². The summed E-state index contributed by atoms with van der Waals surface area (Å²) in [7, 11) is -0.917. The Kier molecular flexibility index (Phi) is 7.34. The number of nitrogens with zero attached hydrogens (tertiary/aromatic N) is 2. The molecule has 2 aromatic carbocycles. The minimum absolute atomic E-state index is 0.0765. The minimum Gasteiger partial charge on any atom is -0.489 e. The summed E-state index contributed by atoms with van der Waals surface area (Å²) < 4.78 is 21.5. The minimum atomic E-state index is -0.917. The third kappa shape index (κ3) is 5.06. The summed E-state index contributed by atoms with van der Waals surface area (Å²) in [6.07, 6.45) is 1.40. The standard InChI is InChI=1S/C23H25N3O3S2.C2H6/c1-14(18-12-22(27)24-13-18)29-21-11-17(10-20-23(21)30-15(2)25-20)16-4-6-19(7-5-16)26-8-3-9-31(26)28;1-2/h4-7,10-11,14,18H,3,8-9,12-13H2,1-2H3,(H,24,27);1-2H3. The summed E-state index contributed by atoms with van der Waals surface area (Å²) in [5.41, 5.74) is 4.02. The van der Waals surface area contributed by atoms with Gasteiger partial charge in [-0.15, -0.1) is 11.3 Å². The van der Waals surface area contributed by atoms with Crippen LogP contribution in [0.3, 0.4) is 0 Å². The number of rotatable bonds is 5. The molecule has 33 heavy (non-hydrogen) atoms. The molecule has 0 aliphatic carbocycles. The van der Waals surface area contributed by atoms with Crippen LogP contribution in [-0.4, -0.2) is 40.0 Å². The van der Waals surface area contributed by atoms with Gasteiger partial charge in [-0.25, -0.2) is 9.19 Å². The average Bonchev–Trinajstić information content (AvgIpc) is 3.54. The number of fused-ring (bicyclic) bond motifs is 1. The number of nitrogens with one attached hydrogen (secondary N) is 1.